The van der Waals surface area contributed by atoms with E-state index in [9.17, 15) is 9.59 Å². The van der Waals surface area contributed by atoms with Gasteiger partial charge in [0, 0.05) is 24.6 Å². The van der Waals surface area contributed by atoms with Crippen molar-refractivity contribution in [2.75, 3.05) is 19.7 Å². The lowest BCUT2D eigenvalue weighted by molar-refractivity contribution is -0.134. The minimum atomic E-state index is -1.26. The van der Waals surface area contributed by atoms with Gasteiger partial charge in [-0.2, -0.15) is 5.26 Å². The molecule has 1 aliphatic heterocycles. The van der Waals surface area contributed by atoms with Crippen LogP contribution in [0.2, 0.25) is 0 Å². The number of hydrogen-bond donors (Lipinski definition) is 3. The summed E-state index contributed by atoms with van der Waals surface area (Å²) in [6.07, 6.45) is 2.24. The first-order valence-corrected chi connectivity index (χ1v) is 9.52. The van der Waals surface area contributed by atoms with Gasteiger partial charge in [-0.15, -0.1) is 0 Å². The SMILES string of the molecule is N#Cc1ccccc1OC[C@@H]1CNCC[C@H]1c1ccccc1.O=C(O)/C=C/C(=O)O. The number of nitrogens with one attached hydrogen (secondary N) is 1. The first-order valence-electron chi connectivity index (χ1n) is 9.52. The van der Waals surface area contributed by atoms with Crippen LogP contribution in [0.3, 0.4) is 0 Å². The number of nitriles is 1. The molecule has 0 radical (unpaired) electrons. The molecule has 3 N–H and O–H groups in total. The van der Waals surface area contributed by atoms with Crippen molar-refractivity contribution in [3.63, 3.8) is 0 Å². The van der Waals surface area contributed by atoms with E-state index in [0.29, 0.717) is 41.9 Å². The molecule has 156 valence electrons. The van der Waals surface area contributed by atoms with Crippen LogP contribution in [0.5, 0.6) is 5.75 Å². The van der Waals surface area contributed by atoms with Crippen LogP contribution in [-0.2, 0) is 9.59 Å². The molecule has 2 aromatic carbocycles. The van der Waals surface area contributed by atoms with E-state index < -0.39 is 11.9 Å². The van der Waals surface area contributed by atoms with Crippen molar-refractivity contribution in [3.8, 4) is 11.8 Å². The topological polar surface area (TPSA) is 120 Å². The number of benzene rings is 2. The molecule has 0 bridgehead atoms. The van der Waals surface area contributed by atoms with E-state index in [1.165, 1.54) is 5.56 Å². The van der Waals surface area contributed by atoms with Gasteiger partial charge in [-0.1, -0.05) is 42.5 Å². The fourth-order valence-electron chi connectivity index (χ4n) is 3.26. The third-order valence-corrected chi connectivity index (χ3v) is 4.66. The fraction of sp³-hybridized carbons (Fsp3) is 0.261. The number of rotatable bonds is 6. The predicted octanol–water partition coefficient (Wildman–Crippen LogP) is 3.04. The highest BCUT2D eigenvalue weighted by molar-refractivity contribution is 5.89. The number of piperidine rings is 1. The van der Waals surface area contributed by atoms with Crippen molar-refractivity contribution < 1.29 is 24.5 Å². The number of carboxylic acids is 2. The molecule has 0 saturated carbocycles. The Kier molecular flexibility index (Phi) is 9.10. The third-order valence-electron chi connectivity index (χ3n) is 4.66. The van der Waals surface area contributed by atoms with Crippen LogP contribution < -0.4 is 10.1 Å². The minimum Gasteiger partial charge on any atom is -0.492 e. The molecule has 7 nitrogen and oxygen atoms in total. The number of ether oxygens (including phenoxy) is 1. The zero-order valence-corrected chi connectivity index (χ0v) is 16.4. The lowest BCUT2D eigenvalue weighted by Crippen LogP contribution is -2.38. The lowest BCUT2D eigenvalue weighted by atomic mass is 9.81. The molecule has 0 amide bonds. The molecule has 2 aromatic rings. The highest BCUT2D eigenvalue weighted by Crippen LogP contribution is 2.31. The second-order valence-electron chi connectivity index (χ2n) is 6.70. The largest absolute Gasteiger partial charge is 0.492 e. The summed E-state index contributed by atoms with van der Waals surface area (Å²) in [5.41, 5.74) is 1.98. The smallest absolute Gasteiger partial charge is 0.328 e. The van der Waals surface area contributed by atoms with Crippen LogP contribution >= 0.6 is 0 Å². The predicted molar refractivity (Wildman–Crippen MR) is 111 cm³/mol. The number of para-hydroxylation sites is 1. The Morgan fingerprint density at radius 2 is 1.70 bits per heavy atom. The van der Waals surface area contributed by atoms with Crippen molar-refractivity contribution in [1.29, 1.82) is 5.26 Å². The zero-order valence-electron chi connectivity index (χ0n) is 16.4. The summed E-state index contributed by atoms with van der Waals surface area (Å²) < 4.78 is 5.96. The van der Waals surface area contributed by atoms with E-state index in [0.717, 1.165) is 19.5 Å². The van der Waals surface area contributed by atoms with Gasteiger partial charge in [0.1, 0.15) is 11.8 Å². The molecular formula is C23H24N2O5. The molecule has 3 rings (SSSR count). The minimum absolute atomic E-state index is 0.419. The summed E-state index contributed by atoms with van der Waals surface area (Å²) >= 11 is 0. The van der Waals surface area contributed by atoms with Crippen LogP contribution in [0.25, 0.3) is 0 Å². The number of aliphatic carboxylic acids is 2. The lowest BCUT2D eigenvalue weighted by Gasteiger charge is -2.32. The van der Waals surface area contributed by atoms with Gasteiger partial charge in [0.05, 0.1) is 12.2 Å². The van der Waals surface area contributed by atoms with Gasteiger partial charge in [-0.3, -0.25) is 0 Å². The van der Waals surface area contributed by atoms with Gasteiger partial charge in [-0.05, 0) is 36.6 Å². The van der Waals surface area contributed by atoms with Gasteiger partial charge in [0.15, 0.2) is 0 Å². The van der Waals surface area contributed by atoms with E-state index in [4.69, 9.17) is 20.2 Å². The summed E-state index contributed by atoms with van der Waals surface area (Å²) in [6.45, 7) is 2.63. The third kappa shape index (κ3) is 7.41. The Balaban J connectivity index is 0.000000343. The van der Waals surface area contributed by atoms with Crippen molar-refractivity contribution >= 4 is 11.9 Å². The molecule has 1 fully saturated rings. The van der Waals surface area contributed by atoms with Gasteiger partial charge in [0.25, 0.3) is 0 Å². The Morgan fingerprint density at radius 1 is 1.07 bits per heavy atom. The standard InChI is InChI=1S/C19H20N2O.C4H4O4/c20-12-16-8-4-5-9-19(16)22-14-17-13-21-11-10-18(17)15-6-2-1-3-7-15;5-3(6)1-2-4(7)8/h1-9,17-18,21H,10-11,13-14H2;1-2H,(H,5,6)(H,7,8)/b;2-1+/t17-,18-;/m0./s1. The summed E-state index contributed by atoms with van der Waals surface area (Å²) in [4.78, 5) is 19.1. The maximum atomic E-state index is 9.55. The second kappa shape index (κ2) is 12.0. The molecule has 1 aliphatic rings. The Labute approximate surface area is 175 Å². The molecule has 1 saturated heterocycles. The Hall–Kier alpha value is -3.63. The number of carboxylic acid groups (broad SMARTS) is 2. The van der Waals surface area contributed by atoms with E-state index in [1.54, 1.807) is 6.07 Å². The summed E-state index contributed by atoms with van der Waals surface area (Å²) in [5, 5.41) is 28.2. The molecule has 7 heteroatoms. The zero-order chi connectivity index (χ0) is 21.8. The van der Waals surface area contributed by atoms with Gasteiger partial charge < -0.3 is 20.3 Å². The van der Waals surface area contributed by atoms with Crippen LogP contribution in [0.4, 0.5) is 0 Å². The monoisotopic (exact) mass is 408 g/mol. The average Bonchev–Trinajstić information content (AvgIpc) is 2.77. The molecule has 0 aliphatic carbocycles. The van der Waals surface area contributed by atoms with Crippen LogP contribution in [-0.4, -0.2) is 41.8 Å². The molecular weight excluding hydrogens is 384 g/mol. The maximum Gasteiger partial charge on any atom is 0.328 e. The molecule has 30 heavy (non-hydrogen) atoms. The van der Waals surface area contributed by atoms with E-state index in [-0.39, 0.29) is 0 Å². The molecule has 0 aromatic heterocycles. The second-order valence-corrected chi connectivity index (χ2v) is 6.70. The van der Waals surface area contributed by atoms with Crippen molar-refractivity contribution in [1.82, 2.24) is 5.32 Å². The first kappa shape index (κ1) is 22.7. The van der Waals surface area contributed by atoms with E-state index in [1.807, 2.05) is 18.2 Å². The maximum absolute atomic E-state index is 9.55. The van der Waals surface area contributed by atoms with E-state index >= 15 is 0 Å². The summed E-state index contributed by atoms with van der Waals surface area (Å²) in [7, 11) is 0. The molecule has 2 atom stereocenters. The number of carbonyl (C=O) groups is 2. The summed E-state index contributed by atoms with van der Waals surface area (Å²) in [5.74, 6) is -0.901. The Morgan fingerprint density at radius 3 is 2.33 bits per heavy atom. The first-order chi connectivity index (χ1) is 14.5. The van der Waals surface area contributed by atoms with E-state index in [2.05, 4.69) is 41.7 Å². The highest BCUT2D eigenvalue weighted by atomic mass is 16.5. The van der Waals surface area contributed by atoms with Crippen LogP contribution in [0, 0.1) is 17.2 Å². The van der Waals surface area contributed by atoms with Gasteiger partial charge >= 0.3 is 11.9 Å². The fourth-order valence-corrected chi connectivity index (χ4v) is 3.26. The Bertz CT molecular complexity index is 889. The van der Waals surface area contributed by atoms with Crippen molar-refractivity contribution in [2.24, 2.45) is 5.92 Å². The summed E-state index contributed by atoms with van der Waals surface area (Å²) in [6, 6.07) is 20.3. The van der Waals surface area contributed by atoms with Gasteiger partial charge in [0.2, 0.25) is 0 Å². The molecule has 1 heterocycles. The number of nitrogens with zero attached hydrogens (tertiary/aromatic N) is 1. The van der Waals surface area contributed by atoms with Crippen molar-refractivity contribution in [3.05, 3.63) is 77.9 Å². The number of hydrogen-bond acceptors (Lipinski definition) is 5. The quantitative estimate of drug-likeness (QED) is 0.629. The van der Waals surface area contributed by atoms with Crippen LogP contribution in [0.15, 0.2) is 66.7 Å². The van der Waals surface area contributed by atoms with Gasteiger partial charge in [-0.25, -0.2) is 9.59 Å². The average molecular weight is 408 g/mol. The molecule has 0 spiro atoms. The van der Waals surface area contributed by atoms with Crippen LogP contribution in [0.1, 0.15) is 23.5 Å². The van der Waals surface area contributed by atoms with Crippen molar-refractivity contribution in [2.45, 2.75) is 12.3 Å². The highest BCUT2D eigenvalue weighted by Gasteiger charge is 2.27. The molecule has 0 unspecified atom stereocenters. The normalized spacial score (nSPS) is 18.0.